The lowest BCUT2D eigenvalue weighted by Gasteiger charge is -2.08. The second-order valence-corrected chi connectivity index (χ2v) is 5.66. The van der Waals surface area contributed by atoms with Gasteiger partial charge in [0.05, 0.1) is 0 Å². The van der Waals surface area contributed by atoms with Crippen LogP contribution in [0.15, 0.2) is 35.5 Å². The number of nitrogens with one attached hydrogen (secondary N) is 1. The minimum absolute atomic E-state index is 0.141. The molecule has 100 valence electrons. The fraction of sp³-hybridized carbons (Fsp3) is 0.167. The van der Waals surface area contributed by atoms with Gasteiger partial charge in [-0.3, -0.25) is 4.72 Å². The summed E-state index contributed by atoms with van der Waals surface area (Å²) in [7, 11) is -4.08. The van der Waals surface area contributed by atoms with Crippen molar-refractivity contribution in [2.45, 2.75) is 18.9 Å². The summed E-state index contributed by atoms with van der Waals surface area (Å²) >= 11 is 0. The van der Waals surface area contributed by atoms with Gasteiger partial charge in [0.2, 0.25) is 5.03 Å². The van der Waals surface area contributed by atoms with Crippen molar-refractivity contribution in [2.75, 3.05) is 4.72 Å². The first kappa shape index (κ1) is 13.4. The lowest BCUT2D eigenvalue weighted by Crippen LogP contribution is -2.17. The number of pyridine rings is 2. The molecule has 2 aromatic rings. The maximum Gasteiger partial charge on any atom is 0.283 e. The Balaban J connectivity index is 2.39. The SMILES string of the molecule is Cc1cc(C)nc(NS(=O)(=O)c2ncccc2F)c1. The highest BCUT2D eigenvalue weighted by atomic mass is 32.2. The smallest absolute Gasteiger partial charge is 0.262 e. The molecule has 0 aromatic carbocycles. The van der Waals surface area contributed by atoms with Gasteiger partial charge in [0.25, 0.3) is 10.0 Å². The quantitative estimate of drug-likeness (QED) is 0.934. The molecule has 7 heteroatoms. The van der Waals surface area contributed by atoms with Crippen LogP contribution < -0.4 is 4.72 Å². The topological polar surface area (TPSA) is 72.0 Å². The molecule has 0 bridgehead atoms. The number of anilines is 1. The molecule has 2 rings (SSSR count). The van der Waals surface area contributed by atoms with Gasteiger partial charge in [-0.15, -0.1) is 0 Å². The van der Waals surface area contributed by atoms with Crippen molar-refractivity contribution in [1.82, 2.24) is 9.97 Å². The third-order valence-corrected chi connectivity index (χ3v) is 3.60. The van der Waals surface area contributed by atoms with E-state index in [-0.39, 0.29) is 5.82 Å². The number of halogens is 1. The molecule has 5 nitrogen and oxygen atoms in total. The van der Waals surface area contributed by atoms with Crippen molar-refractivity contribution in [3.63, 3.8) is 0 Å². The van der Waals surface area contributed by atoms with Crippen molar-refractivity contribution in [1.29, 1.82) is 0 Å². The van der Waals surface area contributed by atoms with E-state index >= 15 is 0 Å². The van der Waals surface area contributed by atoms with Gasteiger partial charge in [-0.25, -0.2) is 14.4 Å². The van der Waals surface area contributed by atoms with Crippen LogP contribution in [-0.4, -0.2) is 18.4 Å². The van der Waals surface area contributed by atoms with E-state index in [1.807, 2.05) is 6.92 Å². The van der Waals surface area contributed by atoms with Crippen LogP contribution in [-0.2, 0) is 10.0 Å². The molecule has 0 unspecified atom stereocenters. The number of hydrogen-bond donors (Lipinski definition) is 1. The zero-order valence-electron chi connectivity index (χ0n) is 10.4. The number of aromatic nitrogens is 2. The predicted octanol–water partition coefficient (Wildman–Crippen LogP) is 2.03. The summed E-state index contributed by atoms with van der Waals surface area (Å²) in [5.41, 5.74) is 1.52. The van der Waals surface area contributed by atoms with E-state index < -0.39 is 20.9 Å². The number of hydrogen-bond acceptors (Lipinski definition) is 4. The Bertz CT molecular complexity index is 696. The average Bonchev–Trinajstić information content (AvgIpc) is 2.26. The van der Waals surface area contributed by atoms with E-state index in [9.17, 15) is 12.8 Å². The molecule has 0 saturated heterocycles. The molecule has 2 aromatic heterocycles. The number of sulfonamides is 1. The Morgan fingerprint density at radius 3 is 2.63 bits per heavy atom. The van der Waals surface area contributed by atoms with Gasteiger partial charge in [-0.2, -0.15) is 8.42 Å². The molecule has 0 saturated carbocycles. The Morgan fingerprint density at radius 1 is 1.26 bits per heavy atom. The summed E-state index contributed by atoms with van der Waals surface area (Å²) in [6.45, 7) is 3.56. The first-order chi connectivity index (χ1) is 8.88. The molecule has 0 radical (unpaired) electrons. The predicted molar refractivity (Wildman–Crippen MR) is 68.7 cm³/mol. The van der Waals surface area contributed by atoms with Gasteiger partial charge in [0.1, 0.15) is 5.82 Å². The zero-order chi connectivity index (χ0) is 14.0. The van der Waals surface area contributed by atoms with E-state index in [4.69, 9.17) is 0 Å². The van der Waals surface area contributed by atoms with E-state index in [0.29, 0.717) is 5.69 Å². The Morgan fingerprint density at radius 2 is 2.00 bits per heavy atom. The Hall–Kier alpha value is -2.02. The van der Waals surface area contributed by atoms with E-state index in [1.165, 1.54) is 12.3 Å². The molecule has 0 atom stereocenters. The number of aryl methyl sites for hydroxylation is 2. The maximum absolute atomic E-state index is 13.4. The van der Waals surface area contributed by atoms with E-state index in [0.717, 1.165) is 11.6 Å². The largest absolute Gasteiger partial charge is 0.283 e. The average molecular weight is 281 g/mol. The normalized spacial score (nSPS) is 11.3. The first-order valence-electron chi connectivity index (χ1n) is 5.47. The van der Waals surface area contributed by atoms with Crippen LogP contribution in [0, 0.1) is 19.7 Å². The van der Waals surface area contributed by atoms with Crippen molar-refractivity contribution < 1.29 is 12.8 Å². The van der Waals surface area contributed by atoms with Crippen molar-refractivity contribution in [3.8, 4) is 0 Å². The fourth-order valence-corrected chi connectivity index (χ4v) is 2.65. The minimum Gasteiger partial charge on any atom is -0.262 e. The highest BCUT2D eigenvalue weighted by Crippen LogP contribution is 2.16. The third kappa shape index (κ3) is 3.05. The van der Waals surface area contributed by atoms with Gasteiger partial charge < -0.3 is 0 Å². The van der Waals surface area contributed by atoms with E-state index in [2.05, 4.69) is 14.7 Å². The number of nitrogens with zero attached hydrogens (tertiary/aromatic N) is 2. The summed E-state index contributed by atoms with van der Waals surface area (Å²) in [5, 5.41) is -0.643. The monoisotopic (exact) mass is 281 g/mol. The van der Waals surface area contributed by atoms with E-state index in [1.54, 1.807) is 19.1 Å². The lowest BCUT2D eigenvalue weighted by molar-refractivity contribution is 0.556. The molecule has 0 fully saturated rings. The van der Waals surface area contributed by atoms with Gasteiger partial charge in [-0.1, -0.05) is 0 Å². The molecule has 19 heavy (non-hydrogen) atoms. The molecule has 2 heterocycles. The standard InChI is InChI=1S/C12H12FN3O2S/c1-8-6-9(2)15-11(7-8)16-19(17,18)12-10(13)4-3-5-14-12/h3-7H,1-2H3,(H,15,16). The van der Waals surface area contributed by atoms with Crippen LogP contribution in [0.1, 0.15) is 11.3 Å². The molecule has 0 aliphatic heterocycles. The summed E-state index contributed by atoms with van der Waals surface area (Å²) in [6, 6.07) is 5.73. The molecule has 0 aliphatic rings. The van der Waals surface area contributed by atoms with Gasteiger partial charge in [0.15, 0.2) is 5.82 Å². The number of rotatable bonds is 3. The summed E-state index contributed by atoms with van der Waals surface area (Å²) in [5.74, 6) is -0.762. The summed E-state index contributed by atoms with van der Waals surface area (Å²) in [6.07, 6.45) is 1.21. The Labute approximate surface area is 110 Å². The molecule has 0 amide bonds. The molecule has 0 spiro atoms. The second-order valence-electron chi connectivity index (χ2n) is 4.07. The van der Waals surface area contributed by atoms with Crippen molar-refractivity contribution >= 4 is 15.8 Å². The third-order valence-electron chi connectivity index (χ3n) is 2.32. The van der Waals surface area contributed by atoms with Crippen LogP contribution in [0.2, 0.25) is 0 Å². The second kappa shape index (κ2) is 4.93. The molecular weight excluding hydrogens is 269 g/mol. The van der Waals surface area contributed by atoms with Crippen LogP contribution in [0.25, 0.3) is 0 Å². The molecule has 0 aliphatic carbocycles. The van der Waals surface area contributed by atoms with Crippen LogP contribution in [0.5, 0.6) is 0 Å². The fourth-order valence-electron chi connectivity index (χ4n) is 1.65. The molecular formula is C12H12FN3O2S. The Kier molecular flexibility index (Phi) is 3.48. The lowest BCUT2D eigenvalue weighted by atomic mass is 10.2. The zero-order valence-corrected chi connectivity index (χ0v) is 11.2. The van der Waals surface area contributed by atoms with Gasteiger partial charge in [-0.05, 0) is 43.7 Å². The molecule has 1 N–H and O–H groups in total. The highest BCUT2D eigenvalue weighted by Gasteiger charge is 2.21. The minimum atomic E-state index is -4.08. The van der Waals surface area contributed by atoms with Gasteiger partial charge >= 0.3 is 0 Å². The first-order valence-corrected chi connectivity index (χ1v) is 6.95. The maximum atomic E-state index is 13.4. The van der Waals surface area contributed by atoms with Gasteiger partial charge in [0, 0.05) is 11.9 Å². The summed E-state index contributed by atoms with van der Waals surface area (Å²) < 4.78 is 39.6. The van der Waals surface area contributed by atoms with Crippen LogP contribution >= 0.6 is 0 Å². The van der Waals surface area contributed by atoms with Crippen molar-refractivity contribution in [2.24, 2.45) is 0 Å². The van der Waals surface area contributed by atoms with Crippen molar-refractivity contribution in [3.05, 3.63) is 47.5 Å². The van der Waals surface area contributed by atoms with Crippen LogP contribution in [0.4, 0.5) is 10.2 Å². The highest BCUT2D eigenvalue weighted by molar-refractivity contribution is 7.92. The summed E-state index contributed by atoms with van der Waals surface area (Å²) in [4.78, 5) is 7.57. The van der Waals surface area contributed by atoms with Crippen LogP contribution in [0.3, 0.4) is 0 Å².